The minimum absolute atomic E-state index is 0.00780. The number of ether oxygens (including phenoxy) is 2. The molecule has 7 nitrogen and oxygen atoms in total. The molecular formula is C13H19N3O4. The van der Waals surface area contributed by atoms with E-state index in [-0.39, 0.29) is 30.2 Å². The van der Waals surface area contributed by atoms with E-state index in [2.05, 4.69) is 9.97 Å². The summed E-state index contributed by atoms with van der Waals surface area (Å²) in [6, 6.07) is 0. The molecule has 0 saturated carbocycles. The Kier molecular flexibility index (Phi) is 5.15. The van der Waals surface area contributed by atoms with Gasteiger partial charge < -0.3 is 15.2 Å². The predicted molar refractivity (Wildman–Crippen MR) is 71.0 cm³/mol. The van der Waals surface area contributed by atoms with Crippen LogP contribution < -0.4 is 5.73 Å². The van der Waals surface area contributed by atoms with Gasteiger partial charge in [-0.1, -0.05) is 0 Å². The quantitative estimate of drug-likeness (QED) is 0.823. The number of hydrogen-bond acceptors (Lipinski definition) is 7. The average molecular weight is 281 g/mol. The van der Waals surface area contributed by atoms with Gasteiger partial charge in [0.15, 0.2) is 11.4 Å². The van der Waals surface area contributed by atoms with Gasteiger partial charge in [-0.15, -0.1) is 0 Å². The summed E-state index contributed by atoms with van der Waals surface area (Å²) < 4.78 is 10.0. The number of esters is 2. The van der Waals surface area contributed by atoms with Crippen molar-refractivity contribution in [3.8, 4) is 0 Å². The lowest BCUT2D eigenvalue weighted by atomic mass is 10.2. The first kappa shape index (κ1) is 16.0. The molecule has 7 heteroatoms. The summed E-state index contributed by atoms with van der Waals surface area (Å²) in [6.07, 6.45) is 1.18. The standard InChI is InChI=1S/C13H19N3O4/c1-5-19-12(18)10-8(6-14)16-9(7-15-10)11(17)20-13(2,3)4/h7H,5-6,14H2,1-4H3. The third-order valence-corrected chi connectivity index (χ3v) is 2.11. The minimum Gasteiger partial charge on any atom is -0.461 e. The summed E-state index contributed by atoms with van der Waals surface area (Å²) >= 11 is 0. The molecule has 20 heavy (non-hydrogen) atoms. The molecule has 0 atom stereocenters. The Balaban J connectivity index is 3.03. The van der Waals surface area contributed by atoms with Crippen molar-refractivity contribution in [3.05, 3.63) is 23.3 Å². The number of carbonyl (C=O) groups is 2. The fourth-order valence-corrected chi connectivity index (χ4v) is 1.37. The van der Waals surface area contributed by atoms with Crippen molar-refractivity contribution < 1.29 is 19.1 Å². The number of rotatable bonds is 4. The Morgan fingerprint density at radius 3 is 2.45 bits per heavy atom. The highest BCUT2D eigenvalue weighted by atomic mass is 16.6. The van der Waals surface area contributed by atoms with Gasteiger partial charge in [-0.05, 0) is 27.7 Å². The fraction of sp³-hybridized carbons (Fsp3) is 0.538. The Hall–Kier alpha value is -2.02. The molecule has 1 heterocycles. The predicted octanol–water partition coefficient (Wildman–Crippen LogP) is 1.07. The number of nitrogens with zero attached hydrogens (tertiary/aromatic N) is 2. The third-order valence-electron chi connectivity index (χ3n) is 2.11. The van der Waals surface area contributed by atoms with E-state index in [0.29, 0.717) is 0 Å². The molecule has 110 valence electrons. The van der Waals surface area contributed by atoms with Gasteiger partial charge in [0.2, 0.25) is 0 Å². The zero-order valence-corrected chi connectivity index (χ0v) is 12.1. The molecule has 0 aliphatic rings. The van der Waals surface area contributed by atoms with E-state index in [1.54, 1.807) is 27.7 Å². The Bertz CT molecular complexity index is 509. The van der Waals surface area contributed by atoms with Crippen LogP contribution in [0.3, 0.4) is 0 Å². The molecule has 0 saturated heterocycles. The normalized spacial score (nSPS) is 11.1. The Morgan fingerprint density at radius 1 is 1.30 bits per heavy atom. The van der Waals surface area contributed by atoms with Crippen molar-refractivity contribution >= 4 is 11.9 Å². The number of aromatic nitrogens is 2. The first-order chi connectivity index (χ1) is 9.28. The molecule has 0 fully saturated rings. The van der Waals surface area contributed by atoms with E-state index in [9.17, 15) is 9.59 Å². The first-order valence-electron chi connectivity index (χ1n) is 6.25. The van der Waals surface area contributed by atoms with Gasteiger partial charge in [-0.3, -0.25) is 0 Å². The number of carbonyl (C=O) groups excluding carboxylic acids is 2. The van der Waals surface area contributed by atoms with Crippen molar-refractivity contribution in [2.75, 3.05) is 6.61 Å². The van der Waals surface area contributed by atoms with E-state index in [0.717, 1.165) is 0 Å². The molecule has 0 radical (unpaired) electrons. The van der Waals surface area contributed by atoms with Crippen LogP contribution in [0.5, 0.6) is 0 Å². The van der Waals surface area contributed by atoms with E-state index < -0.39 is 17.5 Å². The smallest absolute Gasteiger partial charge is 0.359 e. The molecule has 1 aromatic heterocycles. The minimum atomic E-state index is -0.637. The Labute approximate surface area is 117 Å². The fourth-order valence-electron chi connectivity index (χ4n) is 1.37. The zero-order valence-electron chi connectivity index (χ0n) is 12.1. The lowest BCUT2D eigenvalue weighted by Gasteiger charge is -2.19. The molecule has 1 aromatic rings. The highest BCUT2D eigenvalue weighted by molar-refractivity contribution is 5.90. The topological polar surface area (TPSA) is 104 Å². The van der Waals surface area contributed by atoms with Gasteiger partial charge in [0, 0.05) is 6.54 Å². The SMILES string of the molecule is CCOC(=O)c1ncc(C(=O)OC(C)(C)C)nc1CN. The van der Waals surface area contributed by atoms with Gasteiger partial charge in [0.05, 0.1) is 18.5 Å². The zero-order chi connectivity index (χ0) is 15.3. The molecule has 0 aromatic carbocycles. The van der Waals surface area contributed by atoms with Gasteiger partial charge in [0.25, 0.3) is 0 Å². The van der Waals surface area contributed by atoms with Gasteiger partial charge in [-0.25, -0.2) is 19.6 Å². The van der Waals surface area contributed by atoms with Crippen LogP contribution in [0.15, 0.2) is 6.20 Å². The molecule has 0 amide bonds. The van der Waals surface area contributed by atoms with Crippen LogP contribution in [0.1, 0.15) is 54.4 Å². The summed E-state index contributed by atoms with van der Waals surface area (Å²) in [5.74, 6) is -1.23. The summed E-state index contributed by atoms with van der Waals surface area (Å²) in [5.41, 5.74) is 5.11. The average Bonchev–Trinajstić information content (AvgIpc) is 2.36. The molecule has 2 N–H and O–H groups in total. The van der Waals surface area contributed by atoms with Crippen LogP contribution in [-0.2, 0) is 16.0 Å². The number of hydrogen-bond donors (Lipinski definition) is 1. The second kappa shape index (κ2) is 6.42. The van der Waals surface area contributed by atoms with Gasteiger partial charge in [-0.2, -0.15) is 0 Å². The van der Waals surface area contributed by atoms with E-state index >= 15 is 0 Å². The maximum Gasteiger partial charge on any atom is 0.359 e. The molecule has 0 aliphatic carbocycles. The van der Waals surface area contributed by atoms with Crippen molar-refractivity contribution in [1.82, 2.24) is 9.97 Å². The summed E-state index contributed by atoms with van der Waals surface area (Å²) in [6.45, 7) is 7.11. The molecule has 0 bridgehead atoms. The maximum atomic E-state index is 11.9. The lowest BCUT2D eigenvalue weighted by Crippen LogP contribution is -2.25. The number of nitrogens with two attached hydrogens (primary N) is 1. The van der Waals surface area contributed by atoms with Crippen LogP contribution >= 0.6 is 0 Å². The van der Waals surface area contributed by atoms with Crippen LogP contribution in [0.4, 0.5) is 0 Å². The monoisotopic (exact) mass is 281 g/mol. The van der Waals surface area contributed by atoms with Crippen LogP contribution in [-0.4, -0.2) is 34.1 Å². The van der Waals surface area contributed by atoms with E-state index in [4.69, 9.17) is 15.2 Å². The lowest BCUT2D eigenvalue weighted by molar-refractivity contribution is 0.00611. The second-order valence-electron chi connectivity index (χ2n) is 4.98. The molecule has 0 aliphatic heterocycles. The van der Waals surface area contributed by atoms with E-state index in [1.165, 1.54) is 6.20 Å². The molecular weight excluding hydrogens is 262 g/mol. The van der Waals surface area contributed by atoms with Crippen LogP contribution in [0.25, 0.3) is 0 Å². The molecule has 1 rings (SSSR count). The van der Waals surface area contributed by atoms with Crippen molar-refractivity contribution in [1.29, 1.82) is 0 Å². The van der Waals surface area contributed by atoms with Gasteiger partial charge >= 0.3 is 11.9 Å². The highest BCUT2D eigenvalue weighted by Crippen LogP contribution is 2.12. The van der Waals surface area contributed by atoms with E-state index in [1.807, 2.05) is 0 Å². The molecule has 0 spiro atoms. The largest absolute Gasteiger partial charge is 0.461 e. The maximum absolute atomic E-state index is 11.9. The third kappa shape index (κ3) is 4.27. The first-order valence-corrected chi connectivity index (χ1v) is 6.25. The van der Waals surface area contributed by atoms with Crippen LogP contribution in [0, 0.1) is 0 Å². The van der Waals surface area contributed by atoms with Crippen molar-refractivity contribution in [2.24, 2.45) is 5.73 Å². The van der Waals surface area contributed by atoms with Crippen molar-refractivity contribution in [2.45, 2.75) is 39.8 Å². The Morgan fingerprint density at radius 2 is 1.95 bits per heavy atom. The highest BCUT2D eigenvalue weighted by Gasteiger charge is 2.22. The van der Waals surface area contributed by atoms with Crippen molar-refractivity contribution in [3.63, 3.8) is 0 Å². The molecule has 0 unspecified atom stereocenters. The summed E-state index contributed by atoms with van der Waals surface area (Å²) in [4.78, 5) is 31.4. The van der Waals surface area contributed by atoms with Crippen LogP contribution in [0.2, 0.25) is 0 Å². The summed E-state index contributed by atoms with van der Waals surface area (Å²) in [5, 5.41) is 0. The second-order valence-corrected chi connectivity index (χ2v) is 4.98. The summed E-state index contributed by atoms with van der Waals surface area (Å²) in [7, 11) is 0. The van der Waals surface area contributed by atoms with Gasteiger partial charge in [0.1, 0.15) is 5.60 Å².